The fourth-order valence-corrected chi connectivity index (χ4v) is 21.4. The van der Waals surface area contributed by atoms with Gasteiger partial charge < -0.3 is 25.3 Å². The van der Waals surface area contributed by atoms with E-state index in [0.717, 1.165) is 9.79 Å². The molecule has 0 spiro atoms. The Morgan fingerprint density at radius 1 is 0.333 bits per heavy atom. The summed E-state index contributed by atoms with van der Waals surface area (Å²) >= 11 is 9.62. The van der Waals surface area contributed by atoms with Crippen molar-refractivity contribution >= 4 is 41.1 Å². The molecule has 0 saturated heterocycles. The summed E-state index contributed by atoms with van der Waals surface area (Å²) in [5.41, 5.74) is 0. The summed E-state index contributed by atoms with van der Waals surface area (Å²) in [6, 6.07) is 19.2. The summed E-state index contributed by atoms with van der Waals surface area (Å²) in [5.74, 6) is 0. The molecule has 6 heteroatoms. The maximum atomic E-state index is 4.81. The van der Waals surface area contributed by atoms with E-state index in [9.17, 15) is 0 Å². The van der Waals surface area contributed by atoms with Crippen molar-refractivity contribution in [3.8, 4) is 0 Å². The molecule has 0 atom stereocenters. The molecular formula is C36H66Cu2P2S2+2. The van der Waals surface area contributed by atoms with E-state index < -0.39 is 15.8 Å². The average molecular weight is 752 g/mol. The normalized spacial score (nSPS) is 12.3. The van der Waals surface area contributed by atoms with E-state index >= 15 is 0 Å². The Labute approximate surface area is 299 Å². The van der Waals surface area contributed by atoms with Crippen molar-refractivity contribution in [2.75, 3.05) is 0 Å². The topological polar surface area (TPSA) is 0 Å². The van der Waals surface area contributed by atoms with Gasteiger partial charge in [-0.25, -0.2) is 0 Å². The van der Waals surface area contributed by atoms with E-state index in [1.54, 1.807) is 0 Å². The van der Waals surface area contributed by atoms with Crippen molar-refractivity contribution in [1.29, 1.82) is 0 Å². The van der Waals surface area contributed by atoms with Crippen LogP contribution in [0, 0.1) is 0 Å². The van der Waals surface area contributed by atoms with E-state index in [-0.39, 0.29) is 34.1 Å². The molecule has 42 heavy (non-hydrogen) atoms. The Kier molecular flexibility index (Phi) is 23.8. The van der Waals surface area contributed by atoms with Crippen LogP contribution in [0.2, 0.25) is 0 Å². The molecule has 252 valence electrons. The van der Waals surface area contributed by atoms with Gasteiger partial charge in [0, 0.05) is 15.8 Å². The van der Waals surface area contributed by atoms with E-state index in [1.807, 2.05) is 60.7 Å². The molecule has 0 aliphatic carbocycles. The van der Waals surface area contributed by atoms with Gasteiger partial charge in [0.2, 0.25) is 0 Å². The quantitative estimate of drug-likeness (QED) is 0.149. The summed E-state index contributed by atoms with van der Waals surface area (Å²) in [6.45, 7) is 43.2. The van der Waals surface area contributed by atoms with Crippen LogP contribution in [0.15, 0.2) is 70.5 Å². The van der Waals surface area contributed by atoms with E-state index in [4.69, 9.17) is 25.3 Å². The smallest absolute Gasteiger partial charge is 0.780 e. The predicted octanol–water partition coefficient (Wildman–Crippen LogP) is 12.4. The van der Waals surface area contributed by atoms with Crippen LogP contribution in [0.25, 0.3) is 0 Å². The first-order valence-electron chi connectivity index (χ1n) is 14.7. The van der Waals surface area contributed by atoms with Gasteiger partial charge in [-0.1, -0.05) is 60.7 Å². The van der Waals surface area contributed by atoms with Crippen LogP contribution in [0.5, 0.6) is 0 Å². The molecule has 0 radical (unpaired) electrons. The van der Waals surface area contributed by atoms with Crippen LogP contribution < -0.4 is 0 Å². The molecule has 0 aliphatic rings. The van der Waals surface area contributed by atoms with Gasteiger partial charge in [-0.05, 0) is 125 Å². The first-order chi connectivity index (χ1) is 17.5. The van der Waals surface area contributed by atoms with Crippen LogP contribution >= 0.6 is 15.8 Å². The third kappa shape index (κ3) is 23.2. The second kappa shape index (κ2) is 20.1. The molecular weight excluding hydrogens is 686 g/mol. The van der Waals surface area contributed by atoms with Crippen molar-refractivity contribution in [2.24, 2.45) is 0 Å². The monoisotopic (exact) mass is 750 g/mol. The van der Waals surface area contributed by atoms with Crippen molar-refractivity contribution in [3.05, 3.63) is 60.7 Å². The Morgan fingerprint density at radius 3 is 0.524 bits per heavy atom. The molecule has 0 heterocycles. The molecule has 2 aromatic carbocycles. The number of benzene rings is 2. The van der Waals surface area contributed by atoms with Gasteiger partial charge in [-0.2, -0.15) is 9.79 Å². The molecule has 0 N–H and O–H groups in total. The maximum Gasteiger partial charge on any atom is 1.00 e. The SMILES string of the molecule is CC(C)(C)[PH+](C(C)(C)C)C(C)(C)C.CC(C)(C)[PH+](C(C)(C)C)C(C)(C)C.[Cu+].[Cu+].[S-]c1ccccc1.[S-]c1ccccc1. The second-order valence-electron chi connectivity index (χ2n) is 16.9. The molecule has 0 nitrogen and oxygen atoms in total. The van der Waals surface area contributed by atoms with Gasteiger partial charge in [-0.3, -0.25) is 0 Å². The van der Waals surface area contributed by atoms with E-state index in [1.165, 1.54) is 0 Å². The summed E-state index contributed by atoms with van der Waals surface area (Å²) in [5, 5.41) is 2.92. The molecule has 0 aromatic heterocycles. The fourth-order valence-electron chi connectivity index (χ4n) is 7.59. The summed E-state index contributed by atoms with van der Waals surface area (Å²) in [4.78, 5) is 1.81. The average Bonchev–Trinajstić information content (AvgIpc) is 2.63. The molecule has 0 saturated carbocycles. The maximum absolute atomic E-state index is 4.81. The first-order valence-corrected chi connectivity index (χ1v) is 18.5. The van der Waals surface area contributed by atoms with Crippen molar-refractivity contribution in [1.82, 2.24) is 0 Å². The summed E-state index contributed by atoms with van der Waals surface area (Å²) in [6.07, 6.45) is 0. The first kappa shape index (κ1) is 49.7. The van der Waals surface area contributed by atoms with Crippen LogP contribution in [0.1, 0.15) is 125 Å². The van der Waals surface area contributed by atoms with Gasteiger partial charge in [0.15, 0.2) is 0 Å². The largest absolute Gasteiger partial charge is 1.00 e. The van der Waals surface area contributed by atoms with Crippen LogP contribution in [-0.2, 0) is 59.4 Å². The molecule has 0 bridgehead atoms. The Bertz CT molecular complexity index is 778. The summed E-state index contributed by atoms with van der Waals surface area (Å²) in [7, 11) is -0.782. The second-order valence-corrected chi connectivity index (χ2v) is 28.3. The fraction of sp³-hybridized carbons (Fsp3) is 0.667. The van der Waals surface area contributed by atoms with Gasteiger partial charge in [0.1, 0.15) is 0 Å². The minimum absolute atomic E-state index is 0. The number of hydrogen-bond acceptors (Lipinski definition) is 2. The minimum Gasteiger partial charge on any atom is -0.780 e. The zero-order valence-corrected chi connectivity index (χ0v) is 35.7. The number of rotatable bonds is 0. The number of hydrogen-bond donors (Lipinski definition) is 0. The van der Waals surface area contributed by atoms with Gasteiger partial charge in [-0.15, -0.1) is 0 Å². The van der Waals surface area contributed by atoms with Gasteiger partial charge in [0.25, 0.3) is 0 Å². The van der Waals surface area contributed by atoms with Crippen molar-refractivity contribution in [3.63, 3.8) is 0 Å². The Hall–Kier alpha value is 0.779. The molecule has 0 fully saturated rings. The third-order valence-corrected chi connectivity index (χ3v) is 15.5. The molecule has 0 aliphatic heterocycles. The van der Waals surface area contributed by atoms with Gasteiger partial charge in [0.05, 0.1) is 30.9 Å². The zero-order chi connectivity index (χ0) is 32.4. The third-order valence-electron chi connectivity index (χ3n) is 5.99. The zero-order valence-electron chi connectivity index (χ0n) is 30.2. The Balaban J connectivity index is -0.000000233. The Morgan fingerprint density at radius 2 is 0.476 bits per heavy atom. The standard InChI is InChI=1S/2C12H27P.2C6H6S.2Cu/c2*1-10(2,3)13(11(4,5)6)12(7,8)9;2*7-6-4-2-1-3-5-6;;/h2*1-9H3;2*1-5,7H;;/q;;;;2*+1. The van der Waals surface area contributed by atoms with Gasteiger partial charge >= 0.3 is 34.1 Å². The van der Waals surface area contributed by atoms with Crippen LogP contribution in [-0.4, -0.2) is 30.9 Å². The van der Waals surface area contributed by atoms with E-state index in [0.29, 0.717) is 30.9 Å². The summed E-state index contributed by atoms with van der Waals surface area (Å²) < 4.78 is 0. The molecule has 2 aromatic rings. The van der Waals surface area contributed by atoms with Crippen molar-refractivity contribution in [2.45, 2.75) is 165 Å². The van der Waals surface area contributed by atoms with E-state index in [2.05, 4.69) is 125 Å². The molecule has 0 unspecified atom stereocenters. The molecule has 2 rings (SSSR count). The molecule has 0 amide bonds. The van der Waals surface area contributed by atoms with Crippen LogP contribution in [0.3, 0.4) is 0 Å². The van der Waals surface area contributed by atoms with Crippen molar-refractivity contribution < 1.29 is 34.1 Å². The van der Waals surface area contributed by atoms with Crippen LogP contribution in [0.4, 0.5) is 0 Å². The predicted molar refractivity (Wildman–Crippen MR) is 199 cm³/mol. The minimum atomic E-state index is -0.391.